The molecule has 24 heavy (non-hydrogen) atoms. The van der Waals surface area contributed by atoms with Crippen molar-refractivity contribution in [2.45, 2.75) is 6.92 Å². The van der Waals surface area contributed by atoms with E-state index >= 15 is 0 Å². The van der Waals surface area contributed by atoms with E-state index < -0.39 is 10.0 Å². The number of anilines is 1. The van der Waals surface area contributed by atoms with Gasteiger partial charge in [-0.1, -0.05) is 5.16 Å². The van der Waals surface area contributed by atoms with Crippen molar-refractivity contribution in [3.8, 4) is 11.4 Å². The van der Waals surface area contributed by atoms with Crippen molar-refractivity contribution in [3.63, 3.8) is 0 Å². The molecule has 1 aromatic carbocycles. The Morgan fingerprint density at radius 2 is 1.96 bits per heavy atom. The van der Waals surface area contributed by atoms with Gasteiger partial charge in [0.2, 0.25) is 15.8 Å². The van der Waals surface area contributed by atoms with Gasteiger partial charge in [-0.3, -0.25) is 4.72 Å². The fraction of sp³-hybridized carbons (Fsp3) is 0.125. The predicted octanol–water partition coefficient (Wildman–Crippen LogP) is 3.26. The second-order valence-electron chi connectivity index (χ2n) is 4.89. The largest absolute Gasteiger partial charge is 0.465 e. The number of nitrogens with zero attached hydrogens (tertiary/aromatic N) is 2. The van der Waals surface area contributed by atoms with Crippen molar-refractivity contribution in [2.24, 2.45) is 0 Å². The van der Waals surface area contributed by atoms with E-state index in [1.165, 1.54) is 0 Å². The number of hydrogen-bond acceptors (Lipinski definition) is 6. The van der Waals surface area contributed by atoms with Crippen molar-refractivity contribution in [1.29, 1.82) is 0 Å². The Morgan fingerprint density at radius 1 is 1.17 bits per heavy atom. The van der Waals surface area contributed by atoms with Crippen LogP contribution < -0.4 is 4.72 Å². The number of hydrogen-bond donors (Lipinski definition) is 1. The molecule has 0 radical (unpaired) electrons. The van der Waals surface area contributed by atoms with E-state index in [4.69, 9.17) is 8.94 Å². The van der Waals surface area contributed by atoms with Crippen LogP contribution >= 0.6 is 0 Å². The molecule has 0 spiro atoms. The van der Waals surface area contributed by atoms with Gasteiger partial charge in [0.05, 0.1) is 12.0 Å². The Labute approximate surface area is 139 Å². The first-order valence-electron chi connectivity index (χ1n) is 7.22. The van der Waals surface area contributed by atoms with Gasteiger partial charge in [-0.2, -0.15) is 4.98 Å². The number of sulfonamides is 1. The minimum absolute atomic E-state index is 0.0188. The van der Waals surface area contributed by atoms with Gasteiger partial charge in [0, 0.05) is 17.3 Å². The summed E-state index contributed by atoms with van der Waals surface area (Å²) in [6.45, 7) is 1.58. The standard InChI is InChI=1S/C16H15N3O4S/c1-2-24(20,21)19-13-7-5-12(6-8-13)16-17-15(23-18-16)10-9-14-4-3-11-22-14/h3-11,19H,2H2,1H3/b10-9+. The second-order valence-corrected chi connectivity index (χ2v) is 6.90. The molecule has 2 heterocycles. The summed E-state index contributed by atoms with van der Waals surface area (Å²) in [6, 6.07) is 10.3. The molecule has 2 aromatic heterocycles. The van der Waals surface area contributed by atoms with Crippen molar-refractivity contribution in [2.75, 3.05) is 10.5 Å². The van der Waals surface area contributed by atoms with E-state index in [-0.39, 0.29) is 5.75 Å². The zero-order valence-electron chi connectivity index (χ0n) is 12.8. The Kier molecular flexibility index (Phi) is 4.48. The first kappa shape index (κ1) is 16.0. The molecule has 0 unspecified atom stereocenters. The van der Waals surface area contributed by atoms with Crippen LogP contribution in [0.15, 0.2) is 51.6 Å². The summed E-state index contributed by atoms with van der Waals surface area (Å²) in [5.41, 5.74) is 1.21. The third-order valence-corrected chi connectivity index (χ3v) is 4.48. The summed E-state index contributed by atoms with van der Waals surface area (Å²) >= 11 is 0. The van der Waals surface area contributed by atoms with Crippen molar-refractivity contribution in [1.82, 2.24) is 10.1 Å². The molecule has 8 heteroatoms. The lowest BCUT2D eigenvalue weighted by molar-refractivity contribution is 0.411. The molecule has 0 amide bonds. The maximum Gasteiger partial charge on any atom is 0.251 e. The van der Waals surface area contributed by atoms with Crippen LogP contribution in [-0.2, 0) is 10.0 Å². The summed E-state index contributed by atoms with van der Waals surface area (Å²) in [7, 11) is -3.29. The zero-order valence-corrected chi connectivity index (χ0v) is 13.7. The SMILES string of the molecule is CCS(=O)(=O)Nc1ccc(-c2noc(/C=C/c3ccco3)n2)cc1. The number of aromatic nitrogens is 2. The molecule has 0 atom stereocenters. The monoisotopic (exact) mass is 345 g/mol. The van der Waals surface area contributed by atoms with Gasteiger partial charge in [-0.15, -0.1) is 0 Å². The zero-order chi connectivity index (χ0) is 17.0. The van der Waals surface area contributed by atoms with Crippen LogP contribution in [-0.4, -0.2) is 24.3 Å². The minimum Gasteiger partial charge on any atom is -0.465 e. The predicted molar refractivity (Wildman–Crippen MR) is 90.5 cm³/mol. The third-order valence-electron chi connectivity index (χ3n) is 3.17. The van der Waals surface area contributed by atoms with Crippen molar-refractivity contribution >= 4 is 27.9 Å². The molecule has 7 nitrogen and oxygen atoms in total. The molecule has 3 aromatic rings. The maximum absolute atomic E-state index is 11.5. The Hall–Kier alpha value is -2.87. The van der Waals surface area contributed by atoms with Crippen LogP contribution in [0.1, 0.15) is 18.6 Å². The van der Waals surface area contributed by atoms with Gasteiger partial charge in [-0.05, 0) is 49.4 Å². The third kappa shape index (κ3) is 3.90. The summed E-state index contributed by atoms with van der Waals surface area (Å²) in [6.07, 6.45) is 4.95. The van der Waals surface area contributed by atoms with Gasteiger partial charge >= 0.3 is 0 Å². The van der Waals surface area contributed by atoms with Crippen LogP contribution in [0, 0.1) is 0 Å². The molecular weight excluding hydrogens is 330 g/mol. The van der Waals surface area contributed by atoms with Crippen LogP contribution in [0.5, 0.6) is 0 Å². The first-order valence-corrected chi connectivity index (χ1v) is 8.87. The number of benzene rings is 1. The smallest absolute Gasteiger partial charge is 0.251 e. The van der Waals surface area contributed by atoms with Crippen LogP contribution in [0.2, 0.25) is 0 Å². The van der Waals surface area contributed by atoms with E-state index in [2.05, 4.69) is 14.9 Å². The van der Waals surface area contributed by atoms with Crippen LogP contribution in [0.4, 0.5) is 5.69 Å². The highest BCUT2D eigenvalue weighted by Crippen LogP contribution is 2.20. The van der Waals surface area contributed by atoms with Gasteiger partial charge in [-0.25, -0.2) is 8.42 Å². The van der Waals surface area contributed by atoms with E-state index in [1.807, 2.05) is 6.07 Å². The van der Waals surface area contributed by atoms with Gasteiger partial charge in [0.1, 0.15) is 5.76 Å². The molecule has 0 aliphatic heterocycles. The Balaban J connectivity index is 1.73. The molecule has 0 aliphatic rings. The average Bonchev–Trinajstić information content (AvgIpc) is 3.25. The Bertz CT molecular complexity index is 926. The van der Waals surface area contributed by atoms with Crippen LogP contribution in [0.3, 0.4) is 0 Å². The summed E-state index contributed by atoms with van der Waals surface area (Å²) in [5.74, 6) is 1.46. The number of rotatable bonds is 6. The molecule has 0 saturated carbocycles. The number of furan rings is 1. The topological polar surface area (TPSA) is 98.2 Å². The average molecular weight is 345 g/mol. The van der Waals surface area contributed by atoms with Gasteiger partial charge in [0.15, 0.2) is 0 Å². The van der Waals surface area contributed by atoms with Crippen molar-refractivity contribution in [3.05, 3.63) is 54.3 Å². The highest BCUT2D eigenvalue weighted by molar-refractivity contribution is 7.92. The molecule has 0 saturated heterocycles. The summed E-state index contributed by atoms with van der Waals surface area (Å²) in [5, 5.41) is 3.90. The number of nitrogens with one attached hydrogen (secondary N) is 1. The first-order chi connectivity index (χ1) is 11.6. The highest BCUT2D eigenvalue weighted by atomic mass is 32.2. The maximum atomic E-state index is 11.5. The fourth-order valence-corrected chi connectivity index (χ4v) is 2.54. The Morgan fingerprint density at radius 3 is 2.62 bits per heavy atom. The molecule has 0 bridgehead atoms. The van der Waals surface area contributed by atoms with Crippen LogP contribution in [0.25, 0.3) is 23.5 Å². The quantitative estimate of drug-likeness (QED) is 0.736. The highest BCUT2D eigenvalue weighted by Gasteiger charge is 2.09. The van der Waals surface area contributed by atoms with E-state index in [0.717, 1.165) is 5.56 Å². The summed E-state index contributed by atoms with van der Waals surface area (Å²) < 4.78 is 35.9. The molecule has 0 aliphatic carbocycles. The fourth-order valence-electron chi connectivity index (χ4n) is 1.90. The van der Waals surface area contributed by atoms with E-state index in [1.54, 1.807) is 55.7 Å². The molecule has 1 N–H and O–H groups in total. The molecule has 3 rings (SSSR count). The van der Waals surface area contributed by atoms with E-state index in [9.17, 15) is 8.42 Å². The molecular formula is C16H15N3O4S. The van der Waals surface area contributed by atoms with E-state index in [0.29, 0.717) is 23.2 Å². The summed E-state index contributed by atoms with van der Waals surface area (Å²) in [4.78, 5) is 4.26. The van der Waals surface area contributed by atoms with Gasteiger partial charge < -0.3 is 8.94 Å². The van der Waals surface area contributed by atoms with Crippen molar-refractivity contribution < 1.29 is 17.4 Å². The normalized spacial score (nSPS) is 11.9. The molecule has 0 fully saturated rings. The second kappa shape index (κ2) is 6.71. The lowest BCUT2D eigenvalue weighted by atomic mass is 10.2. The minimum atomic E-state index is -3.29. The lowest BCUT2D eigenvalue weighted by Crippen LogP contribution is -2.14. The van der Waals surface area contributed by atoms with Gasteiger partial charge in [0.25, 0.3) is 5.89 Å². The lowest BCUT2D eigenvalue weighted by Gasteiger charge is -2.05. The molecule has 124 valence electrons.